The minimum atomic E-state index is -5.69. The molecule has 6 nitrogen and oxygen atoms in total. The lowest BCUT2D eigenvalue weighted by molar-refractivity contribution is -0.143. The van der Waals surface area contributed by atoms with Crippen LogP contribution in [-0.4, -0.2) is 21.7 Å². The molecule has 1 N–H and O–H groups in total. The molecule has 0 spiro atoms. The number of hydrazone groups is 1. The number of halogens is 8. The molecule has 0 bridgehead atoms. The molecule has 0 heterocycles. The maximum absolute atomic E-state index is 13.9. The van der Waals surface area contributed by atoms with Crippen LogP contribution in [0.3, 0.4) is 0 Å². The zero-order valence-electron chi connectivity index (χ0n) is 17.6. The number of rotatable bonds is 7. The Morgan fingerprint density at radius 1 is 0.861 bits per heavy atom. The molecule has 0 amide bonds. The fraction of sp³-hybridized carbons (Fsp3) is 0.0952. The van der Waals surface area contributed by atoms with E-state index in [1.54, 1.807) is 5.43 Å². The molecular weight excluding hydrogens is 528 g/mol. The topological polar surface area (TPSA) is 77.0 Å². The predicted molar refractivity (Wildman–Crippen MR) is 110 cm³/mol. The molecule has 0 aliphatic heterocycles. The van der Waals surface area contributed by atoms with Crippen LogP contribution in [-0.2, 0) is 16.3 Å². The fourth-order valence-electron chi connectivity index (χ4n) is 2.75. The highest BCUT2D eigenvalue weighted by atomic mass is 32.2. The van der Waals surface area contributed by atoms with Crippen LogP contribution < -0.4 is 14.3 Å². The van der Waals surface area contributed by atoms with Crippen LogP contribution in [0, 0.1) is 29.1 Å². The smallest absolute Gasteiger partial charge is 0.422 e. The Kier molecular flexibility index (Phi) is 7.43. The Balaban J connectivity index is 1.84. The molecule has 0 radical (unpaired) electrons. The highest BCUT2D eigenvalue weighted by molar-refractivity contribution is 7.87. The summed E-state index contributed by atoms with van der Waals surface area (Å²) in [6, 6.07) is 7.16. The molecule has 0 aliphatic carbocycles. The van der Waals surface area contributed by atoms with E-state index in [-0.39, 0.29) is 22.0 Å². The van der Waals surface area contributed by atoms with Gasteiger partial charge in [-0.25, -0.2) is 22.0 Å². The molecule has 3 aromatic rings. The van der Waals surface area contributed by atoms with Crippen molar-refractivity contribution in [1.82, 2.24) is 0 Å². The molecule has 0 saturated carbocycles. The largest absolute Gasteiger partial charge is 0.493 e. The Labute approximate surface area is 197 Å². The number of hydrogen-bond donors (Lipinski definition) is 1. The van der Waals surface area contributed by atoms with Crippen molar-refractivity contribution in [2.75, 3.05) is 12.5 Å². The zero-order chi connectivity index (χ0) is 26.8. The zero-order valence-corrected chi connectivity index (χ0v) is 18.4. The first kappa shape index (κ1) is 26.7. The van der Waals surface area contributed by atoms with E-state index in [2.05, 4.69) is 5.10 Å². The van der Waals surface area contributed by atoms with E-state index < -0.39 is 56.6 Å². The van der Waals surface area contributed by atoms with E-state index >= 15 is 0 Å². The highest BCUT2D eigenvalue weighted by Gasteiger charge is 2.42. The summed E-state index contributed by atoms with van der Waals surface area (Å²) < 4.78 is 141. The minimum Gasteiger partial charge on any atom is -0.493 e. The van der Waals surface area contributed by atoms with E-state index in [4.69, 9.17) is 8.92 Å². The van der Waals surface area contributed by atoms with Crippen molar-refractivity contribution in [2.45, 2.75) is 11.1 Å². The number of anilines is 1. The quantitative estimate of drug-likeness (QED) is 0.138. The van der Waals surface area contributed by atoms with Crippen molar-refractivity contribution in [3.05, 3.63) is 82.7 Å². The van der Waals surface area contributed by atoms with E-state index in [0.29, 0.717) is 0 Å². The maximum Gasteiger partial charge on any atom is 0.422 e. The van der Waals surface area contributed by atoms with Gasteiger partial charge in [0.2, 0.25) is 0 Å². The number of nitrogens with zero attached hydrogens (tertiary/aromatic N) is 1. The average molecular weight is 540 g/mol. The number of methoxy groups -OCH3 is 1. The molecule has 0 saturated heterocycles. The molecule has 0 atom stereocenters. The van der Waals surface area contributed by atoms with Gasteiger partial charge in [0.1, 0.15) is 22.0 Å². The Morgan fingerprint density at radius 2 is 1.44 bits per heavy atom. The Morgan fingerprint density at radius 3 is 1.97 bits per heavy atom. The SMILES string of the molecule is COc1cc(/C=N\Nc2c(F)c(F)c(C(F)(F)F)c(F)c2F)ccc1OS(=O)(=O)c1ccc(F)cc1. The van der Waals surface area contributed by atoms with E-state index in [1.165, 1.54) is 6.07 Å². The number of hydrogen-bond acceptors (Lipinski definition) is 6. The Bertz CT molecular complexity index is 1400. The Hall–Kier alpha value is -3.88. The minimum absolute atomic E-state index is 0.0690. The predicted octanol–water partition coefficient (Wildman–Crippen LogP) is 5.62. The second-order valence-electron chi connectivity index (χ2n) is 6.78. The second kappa shape index (κ2) is 10.0. The molecule has 15 heteroatoms. The third kappa shape index (κ3) is 5.50. The van der Waals surface area contributed by atoms with Crippen LogP contribution in [0.25, 0.3) is 0 Å². The third-order valence-corrected chi connectivity index (χ3v) is 5.67. The third-order valence-electron chi connectivity index (χ3n) is 4.43. The van der Waals surface area contributed by atoms with Gasteiger partial charge in [-0.1, -0.05) is 0 Å². The average Bonchev–Trinajstić information content (AvgIpc) is 2.80. The van der Waals surface area contributed by atoms with E-state index in [0.717, 1.165) is 49.7 Å². The van der Waals surface area contributed by atoms with Crippen molar-refractivity contribution >= 4 is 22.0 Å². The van der Waals surface area contributed by atoms with E-state index in [9.17, 15) is 43.5 Å². The summed E-state index contributed by atoms with van der Waals surface area (Å²) >= 11 is 0. The lowest BCUT2D eigenvalue weighted by atomic mass is 10.1. The van der Waals surface area contributed by atoms with Gasteiger partial charge in [0.05, 0.1) is 13.3 Å². The normalized spacial score (nSPS) is 12.1. The highest BCUT2D eigenvalue weighted by Crippen LogP contribution is 2.38. The molecule has 0 unspecified atom stereocenters. The first-order chi connectivity index (χ1) is 16.8. The van der Waals surface area contributed by atoms with Gasteiger partial charge in [-0.15, -0.1) is 0 Å². The van der Waals surface area contributed by atoms with Crippen LogP contribution in [0.1, 0.15) is 11.1 Å². The van der Waals surface area contributed by atoms with E-state index in [1.807, 2.05) is 0 Å². The monoisotopic (exact) mass is 540 g/mol. The maximum atomic E-state index is 13.9. The summed E-state index contributed by atoms with van der Waals surface area (Å²) in [6.45, 7) is 0. The number of benzene rings is 3. The molecule has 3 aromatic carbocycles. The molecule has 0 aromatic heterocycles. The first-order valence-corrected chi connectivity index (χ1v) is 10.8. The van der Waals surface area contributed by atoms with Crippen LogP contribution in [0.5, 0.6) is 11.5 Å². The van der Waals surface area contributed by atoms with Gasteiger partial charge in [0.25, 0.3) is 0 Å². The van der Waals surface area contributed by atoms with Gasteiger partial charge in [-0.2, -0.15) is 26.7 Å². The number of nitrogens with one attached hydrogen (secondary N) is 1. The van der Waals surface area contributed by atoms with Gasteiger partial charge >= 0.3 is 16.3 Å². The summed E-state index contributed by atoms with van der Waals surface area (Å²) in [6.07, 6.45) is -4.87. The summed E-state index contributed by atoms with van der Waals surface area (Å²) in [5.74, 6) is -11.2. The van der Waals surface area contributed by atoms with Gasteiger partial charge in [-0.3, -0.25) is 5.43 Å². The lowest BCUT2D eigenvalue weighted by Crippen LogP contribution is -2.16. The summed E-state index contributed by atoms with van der Waals surface area (Å²) in [7, 11) is -3.24. The van der Waals surface area contributed by atoms with Crippen molar-refractivity contribution < 1.29 is 52.5 Å². The van der Waals surface area contributed by atoms with Crippen LogP contribution in [0.2, 0.25) is 0 Å². The number of ether oxygens (including phenoxy) is 1. The second-order valence-corrected chi connectivity index (χ2v) is 8.32. The van der Waals surface area contributed by atoms with Gasteiger partial charge in [-0.05, 0) is 48.0 Å². The summed E-state index contributed by atoms with van der Waals surface area (Å²) in [5.41, 5.74) is -2.70. The molecule has 36 heavy (non-hydrogen) atoms. The first-order valence-electron chi connectivity index (χ1n) is 9.36. The van der Waals surface area contributed by atoms with Crippen molar-refractivity contribution in [1.29, 1.82) is 0 Å². The number of alkyl halides is 3. The fourth-order valence-corrected chi connectivity index (χ4v) is 3.69. The lowest BCUT2D eigenvalue weighted by Gasteiger charge is -2.13. The molecular formula is C21H12F8N2O4S. The molecule has 0 aliphatic rings. The summed E-state index contributed by atoms with van der Waals surface area (Å²) in [4.78, 5) is -0.360. The van der Waals surface area contributed by atoms with Gasteiger partial charge < -0.3 is 8.92 Å². The van der Waals surface area contributed by atoms with Crippen LogP contribution in [0.4, 0.5) is 40.8 Å². The van der Waals surface area contributed by atoms with Gasteiger partial charge in [0, 0.05) is 0 Å². The summed E-state index contributed by atoms with van der Waals surface area (Å²) in [5, 5.41) is 3.32. The van der Waals surface area contributed by atoms with Crippen LogP contribution >= 0.6 is 0 Å². The van der Waals surface area contributed by atoms with Crippen LogP contribution in [0.15, 0.2) is 52.5 Å². The van der Waals surface area contributed by atoms with Crippen molar-refractivity contribution in [3.8, 4) is 11.5 Å². The molecule has 192 valence electrons. The standard InChI is InChI=1S/C21H12F8N2O4S/c1-34-14-8-10(2-7-13(14)35-36(32,33)12-5-3-11(22)4-6-12)9-30-31-20-18(25)16(23)15(21(27,28)29)17(24)19(20)26/h2-9,31H,1H3/b30-9-. The van der Waals surface area contributed by atoms with Crippen molar-refractivity contribution in [2.24, 2.45) is 5.10 Å². The van der Waals surface area contributed by atoms with Gasteiger partial charge in [0.15, 0.2) is 34.8 Å². The molecule has 3 rings (SSSR count). The molecule has 0 fully saturated rings. The van der Waals surface area contributed by atoms with Crippen molar-refractivity contribution in [3.63, 3.8) is 0 Å².